The Labute approximate surface area is 133 Å². The van der Waals surface area contributed by atoms with Crippen LogP contribution in [-0.2, 0) is 0 Å². The summed E-state index contributed by atoms with van der Waals surface area (Å²) in [6.07, 6.45) is 1.87. The van der Waals surface area contributed by atoms with Gasteiger partial charge in [0.25, 0.3) is 0 Å². The van der Waals surface area contributed by atoms with Crippen LogP contribution in [-0.4, -0.2) is 13.1 Å². The lowest BCUT2D eigenvalue weighted by Crippen LogP contribution is -2.53. The first-order valence-corrected chi connectivity index (χ1v) is 10.7. The zero-order valence-corrected chi connectivity index (χ0v) is 14.4. The second-order valence-corrected chi connectivity index (χ2v) is 10.6. The Kier molecular flexibility index (Phi) is 3.95. The van der Waals surface area contributed by atoms with Crippen molar-refractivity contribution in [1.29, 1.82) is 0 Å². The van der Waals surface area contributed by atoms with E-state index in [0.29, 0.717) is 0 Å². The molecule has 0 unspecified atom stereocenters. The van der Waals surface area contributed by atoms with E-state index >= 15 is 0 Å². The maximum atomic E-state index is 4.55. The summed E-state index contributed by atoms with van der Waals surface area (Å²) in [4.78, 5) is 4.55. The van der Waals surface area contributed by atoms with Gasteiger partial charge in [-0.2, -0.15) is 0 Å². The van der Waals surface area contributed by atoms with Crippen molar-refractivity contribution in [2.45, 2.75) is 20.0 Å². The van der Waals surface area contributed by atoms with Crippen molar-refractivity contribution in [3.63, 3.8) is 0 Å². The van der Waals surface area contributed by atoms with Crippen molar-refractivity contribution in [3.05, 3.63) is 78.5 Å². The van der Waals surface area contributed by atoms with Gasteiger partial charge in [-0.05, 0) is 29.8 Å². The van der Waals surface area contributed by atoms with E-state index in [4.69, 9.17) is 0 Å². The minimum Gasteiger partial charge on any atom is -0.256 e. The summed E-state index contributed by atoms with van der Waals surface area (Å²) < 4.78 is 0. The summed E-state index contributed by atoms with van der Waals surface area (Å²) in [6, 6.07) is 23.8. The van der Waals surface area contributed by atoms with Gasteiger partial charge < -0.3 is 0 Å². The Bertz CT molecular complexity index is 761. The molecule has 1 heterocycles. The van der Waals surface area contributed by atoms with Crippen LogP contribution in [0.2, 0.25) is 13.1 Å². The van der Waals surface area contributed by atoms with Crippen LogP contribution in [0.4, 0.5) is 0 Å². The zero-order chi connectivity index (χ0) is 15.6. The highest BCUT2D eigenvalue weighted by atomic mass is 28.3. The molecule has 0 saturated carbocycles. The average molecular weight is 303 g/mol. The van der Waals surface area contributed by atoms with Gasteiger partial charge >= 0.3 is 0 Å². The second-order valence-electron chi connectivity index (χ2n) is 6.25. The lowest BCUT2D eigenvalue weighted by Gasteiger charge is -2.26. The first-order chi connectivity index (χ1) is 10.6. The summed E-state index contributed by atoms with van der Waals surface area (Å²) in [5.74, 6) is 0. The number of hydrogen-bond acceptors (Lipinski definition) is 1. The van der Waals surface area contributed by atoms with E-state index in [9.17, 15) is 0 Å². The summed E-state index contributed by atoms with van der Waals surface area (Å²) in [5.41, 5.74) is 3.64. The Balaban J connectivity index is 2.14. The van der Waals surface area contributed by atoms with Crippen molar-refractivity contribution in [3.8, 4) is 11.3 Å². The third-order valence-corrected chi connectivity index (χ3v) is 7.87. The molecule has 110 valence electrons. The molecule has 0 spiro atoms. The lowest BCUT2D eigenvalue weighted by molar-refractivity contribution is 1.33. The molecular weight excluding hydrogens is 282 g/mol. The normalized spacial score (nSPS) is 11.4. The number of aromatic nitrogens is 1. The van der Waals surface area contributed by atoms with Crippen molar-refractivity contribution < 1.29 is 0 Å². The largest absolute Gasteiger partial charge is 0.256 e. The summed E-state index contributed by atoms with van der Waals surface area (Å²) in [5, 5.41) is 2.90. The van der Waals surface area contributed by atoms with Crippen LogP contribution in [0, 0.1) is 6.92 Å². The molecule has 0 bridgehead atoms. The molecule has 1 aromatic heterocycles. The predicted octanol–water partition coefficient (Wildman–Crippen LogP) is 3.88. The molecule has 0 fully saturated rings. The molecule has 2 aromatic carbocycles. The van der Waals surface area contributed by atoms with Crippen LogP contribution < -0.4 is 10.4 Å². The van der Waals surface area contributed by atoms with Gasteiger partial charge in [0.05, 0.1) is 5.69 Å². The molecule has 0 aliphatic carbocycles. The fourth-order valence-electron chi connectivity index (χ4n) is 2.90. The van der Waals surface area contributed by atoms with E-state index in [-0.39, 0.29) is 0 Å². The lowest BCUT2D eigenvalue weighted by atomic mass is 10.1. The quantitative estimate of drug-likeness (QED) is 0.669. The molecule has 22 heavy (non-hydrogen) atoms. The molecule has 0 atom stereocenters. The van der Waals surface area contributed by atoms with E-state index in [0.717, 1.165) is 5.69 Å². The first-order valence-electron chi connectivity index (χ1n) is 7.67. The van der Waals surface area contributed by atoms with Crippen LogP contribution in [0.3, 0.4) is 0 Å². The third kappa shape index (κ3) is 2.74. The smallest absolute Gasteiger partial charge is 0.113 e. The zero-order valence-electron chi connectivity index (χ0n) is 13.4. The molecule has 3 aromatic rings. The highest BCUT2D eigenvalue weighted by Gasteiger charge is 2.28. The minimum absolute atomic E-state index is 1.06. The minimum atomic E-state index is -1.75. The van der Waals surface area contributed by atoms with Crippen LogP contribution in [0.25, 0.3) is 11.3 Å². The van der Waals surface area contributed by atoms with Gasteiger partial charge in [0, 0.05) is 6.20 Å². The molecule has 1 nitrogen and oxygen atoms in total. The van der Waals surface area contributed by atoms with Crippen molar-refractivity contribution in [2.24, 2.45) is 0 Å². The molecule has 3 rings (SSSR count). The Hall–Kier alpha value is -2.19. The summed E-state index contributed by atoms with van der Waals surface area (Å²) in [7, 11) is -1.75. The van der Waals surface area contributed by atoms with Gasteiger partial charge in [0.2, 0.25) is 0 Å². The van der Waals surface area contributed by atoms with Crippen LogP contribution in [0.15, 0.2) is 72.9 Å². The van der Waals surface area contributed by atoms with Crippen LogP contribution >= 0.6 is 0 Å². The number of pyridine rings is 1. The second kappa shape index (κ2) is 5.89. The maximum Gasteiger partial charge on any atom is 0.113 e. The van der Waals surface area contributed by atoms with E-state index < -0.39 is 8.07 Å². The molecule has 0 saturated heterocycles. The Morgan fingerprint density at radius 2 is 1.45 bits per heavy atom. The number of aryl methyl sites for hydroxylation is 1. The maximum absolute atomic E-state index is 4.55. The Morgan fingerprint density at radius 1 is 0.773 bits per heavy atom. The number of benzene rings is 2. The number of hydrogen-bond donors (Lipinski definition) is 0. The fourth-order valence-corrected chi connectivity index (χ4v) is 5.61. The molecule has 2 heteroatoms. The SMILES string of the molecule is Cc1ccc([Si](C)(C)c2ccccc2-c2ccccn2)cc1. The number of nitrogens with zero attached hydrogens (tertiary/aromatic N) is 1. The molecule has 0 radical (unpaired) electrons. The van der Waals surface area contributed by atoms with Gasteiger partial charge in [0.1, 0.15) is 8.07 Å². The standard InChI is InChI=1S/C20H21NSi/c1-16-11-13-17(14-12-16)22(2,3)20-10-5-4-8-18(20)19-9-6-7-15-21-19/h4-15H,1-3H3. The van der Waals surface area contributed by atoms with E-state index in [2.05, 4.69) is 85.7 Å². The Morgan fingerprint density at radius 3 is 2.14 bits per heavy atom. The van der Waals surface area contributed by atoms with Crippen LogP contribution in [0.1, 0.15) is 5.56 Å². The molecule has 0 amide bonds. The van der Waals surface area contributed by atoms with Gasteiger partial charge in [-0.25, -0.2) is 0 Å². The van der Waals surface area contributed by atoms with Gasteiger partial charge in [0.15, 0.2) is 0 Å². The first kappa shape index (κ1) is 14.7. The van der Waals surface area contributed by atoms with Crippen LogP contribution in [0.5, 0.6) is 0 Å². The van der Waals surface area contributed by atoms with E-state index in [1.807, 2.05) is 12.3 Å². The predicted molar refractivity (Wildman–Crippen MR) is 97.6 cm³/mol. The molecular formula is C20H21NSi. The van der Waals surface area contributed by atoms with Gasteiger partial charge in [-0.15, -0.1) is 0 Å². The summed E-state index contributed by atoms with van der Waals surface area (Å²) in [6.45, 7) is 6.97. The van der Waals surface area contributed by atoms with E-state index in [1.54, 1.807) is 0 Å². The third-order valence-electron chi connectivity index (χ3n) is 4.31. The monoisotopic (exact) mass is 303 g/mol. The van der Waals surface area contributed by atoms with Crippen molar-refractivity contribution in [1.82, 2.24) is 4.98 Å². The molecule has 0 N–H and O–H groups in total. The van der Waals surface area contributed by atoms with Gasteiger partial charge in [-0.3, -0.25) is 4.98 Å². The molecule has 0 aliphatic rings. The summed E-state index contributed by atoms with van der Waals surface area (Å²) >= 11 is 0. The fraction of sp³-hybridized carbons (Fsp3) is 0.150. The highest BCUT2D eigenvalue weighted by Crippen LogP contribution is 2.18. The highest BCUT2D eigenvalue weighted by molar-refractivity contribution is 7.01. The van der Waals surface area contributed by atoms with Crippen molar-refractivity contribution >= 4 is 18.4 Å². The van der Waals surface area contributed by atoms with Gasteiger partial charge in [-0.1, -0.05) is 78.4 Å². The van der Waals surface area contributed by atoms with E-state index in [1.165, 1.54) is 21.5 Å². The number of rotatable bonds is 3. The topological polar surface area (TPSA) is 12.9 Å². The van der Waals surface area contributed by atoms with Crippen molar-refractivity contribution in [2.75, 3.05) is 0 Å². The molecule has 0 aliphatic heterocycles. The average Bonchev–Trinajstić information content (AvgIpc) is 2.56.